The minimum atomic E-state index is -0.606. The SMILES string of the molecule is Cc1cc(C2SC=NC2C)ccc1C(C)NC(=O)C1CCCN1C(=O)C(C(C)C)N1Cc2ccccc2C1=O. The first-order valence-corrected chi connectivity index (χ1v) is 14.9. The van der Waals surface area contributed by atoms with Crippen LogP contribution in [0.15, 0.2) is 47.5 Å². The van der Waals surface area contributed by atoms with Crippen LogP contribution in [0, 0.1) is 12.8 Å². The van der Waals surface area contributed by atoms with Crippen LogP contribution in [0.4, 0.5) is 0 Å². The van der Waals surface area contributed by atoms with Gasteiger partial charge < -0.3 is 15.1 Å². The predicted molar refractivity (Wildman–Crippen MR) is 156 cm³/mol. The van der Waals surface area contributed by atoms with Gasteiger partial charge in [-0.15, -0.1) is 11.8 Å². The van der Waals surface area contributed by atoms with Crippen molar-refractivity contribution < 1.29 is 14.4 Å². The third-order valence-electron chi connectivity index (χ3n) is 8.30. The van der Waals surface area contributed by atoms with Crippen LogP contribution in [0.5, 0.6) is 0 Å². The highest BCUT2D eigenvalue weighted by molar-refractivity contribution is 8.12. The molecule has 0 spiro atoms. The van der Waals surface area contributed by atoms with Gasteiger partial charge in [-0.05, 0) is 67.9 Å². The van der Waals surface area contributed by atoms with E-state index in [4.69, 9.17) is 0 Å². The second kappa shape index (κ2) is 11.2. The lowest BCUT2D eigenvalue weighted by Crippen LogP contribution is -2.55. The van der Waals surface area contributed by atoms with E-state index in [2.05, 4.69) is 42.4 Å². The molecule has 5 unspecified atom stereocenters. The predicted octanol–water partition coefficient (Wildman–Crippen LogP) is 5.05. The molecule has 0 aliphatic carbocycles. The van der Waals surface area contributed by atoms with Crippen molar-refractivity contribution in [2.45, 2.75) is 83.4 Å². The Hall–Kier alpha value is -3.13. The van der Waals surface area contributed by atoms with Crippen molar-refractivity contribution in [2.24, 2.45) is 10.9 Å². The lowest BCUT2D eigenvalue weighted by Gasteiger charge is -2.35. The van der Waals surface area contributed by atoms with Gasteiger partial charge in [0.2, 0.25) is 11.8 Å². The fraction of sp³-hybridized carbons (Fsp3) is 0.484. The van der Waals surface area contributed by atoms with Crippen molar-refractivity contribution >= 4 is 35.0 Å². The molecule has 2 aromatic carbocycles. The number of likely N-dealkylation sites (tertiary alicyclic amines) is 1. The molecule has 3 aliphatic rings. The van der Waals surface area contributed by atoms with Crippen LogP contribution in [-0.4, -0.2) is 57.7 Å². The van der Waals surface area contributed by atoms with E-state index in [9.17, 15) is 14.4 Å². The number of benzene rings is 2. The Labute approximate surface area is 235 Å². The summed E-state index contributed by atoms with van der Waals surface area (Å²) in [5, 5.41) is 3.50. The molecule has 3 heterocycles. The standard InChI is InChI=1S/C31H38N4O3S/c1-18(2)27(35-16-23-9-6-7-10-25(23)30(35)37)31(38)34-14-8-11-26(34)29(36)33-20(4)24-13-12-22(15-19(24)3)28-21(5)32-17-39-28/h6-7,9-10,12-13,15,17-18,20-21,26-28H,8,11,14,16H2,1-5H3,(H,33,36). The number of carbonyl (C=O) groups is 3. The molecule has 3 amide bonds. The summed E-state index contributed by atoms with van der Waals surface area (Å²) in [6.45, 7) is 11.1. The summed E-state index contributed by atoms with van der Waals surface area (Å²) >= 11 is 1.74. The minimum absolute atomic E-state index is 0.0775. The van der Waals surface area contributed by atoms with Crippen LogP contribution >= 0.6 is 11.8 Å². The molecular weight excluding hydrogens is 508 g/mol. The number of nitrogens with zero attached hydrogens (tertiary/aromatic N) is 3. The van der Waals surface area contributed by atoms with Crippen LogP contribution in [0.2, 0.25) is 0 Å². The zero-order valence-corrected chi connectivity index (χ0v) is 24.2. The number of carbonyl (C=O) groups excluding carboxylic acids is 3. The molecule has 5 rings (SSSR count). The number of thioether (sulfide) groups is 1. The summed E-state index contributed by atoms with van der Waals surface area (Å²) in [6, 6.07) is 12.9. The average molecular weight is 547 g/mol. The average Bonchev–Trinajstić information content (AvgIpc) is 3.63. The van der Waals surface area contributed by atoms with Crippen molar-refractivity contribution in [3.8, 4) is 0 Å². The summed E-state index contributed by atoms with van der Waals surface area (Å²) in [6.07, 6.45) is 1.39. The van der Waals surface area contributed by atoms with Crippen molar-refractivity contribution in [3.05, 3.63) is 70.3 Å². The molecule has 0 radical (unpaired) electrons. The van der Waals surface area contributed by atoms with E-state index in [-0.39, 0.29) is 35.7 Å². The third-order valence-corrected chi connectivity index (χ3v) is 9.50. The van der Waals surface area contributed by atoms with Gasteiger partial charge in [0.05, 0.1) is 22.9 Å². The zero-order valence-electron chi connectivity index (χ0n) is 23.4. The summed E-state index contributed by atoms with van der Waals surface area (Å²) in [5.41, 5.74) is 6.98. The molecule has 2 aromatic rings. The Morgan fingerprint density at radius 1 is 1.13 bits per heavy atom. The van der Waals surface area contributed by atoms with Crippen molar-refractivity contribution in [1.29, 1.82) is 0 Å². The molecular formula is C31H38N4O3S. The van der Waals surface area contributed by atoms with Crippen LogP contribution in [-0.2, 0) is 16.1 Å². The van der Waals surface area contributed by atoms with Gasteiger partial charge in [-0.2, -0.15) is 0 Å². The number of aryl methyl sites for hydroxylation is 1. The van der Waals surface area contributed by atoms with E-state index in [1.54, 1.807) is 21.6 Å². The van der Waals surface area contributed by atoms with E-state index < -0.39 is 12.1 Å². The first-order chi connectivity index (χ1) is 18.7. The molecule has 5 atom stereocenters. The maximum Gasteiger partial charge on any atom is 0.255 e. The van der Waals surface area contributed by atoms with Gasteiger partial charge in [-0.25, -0.2) is 0 Å². The maximum absolute atomic E-state index is 13.9. The van der Waals surface area contributed by atoms with Gasteiger partial charge in [-0.1, -0.05) is 50.2 Å². The topological polar surface area (TPSA) is 82.1 Å². The number of rotatable bonds is 7. The van der Waals surface area contributed by atoms with Gasteiger partial charge in [0, 0.05) is 18.7 Å². The highest BCUT2D eigenvalue weighted by atomic mass is 32.2. The Kier molecular flexibility index (Phi) is 7.85. The summed E-state index contributed by atoms with van der Waals surface area (Å²) in [7, 11) is 0. The monoisotopic (exact) mass is 546 g/mol. The molecule has 3 aliphatic heterocycles. The number of amides is 3. The van der Waals surface area contributed by atoms with Gasteiger partial charge in [0.25, 0.3) is 5.91 Å². The molecule has 8 heteroatoms. The molecule has 39 heavy (non-hydrogen) atoms. The number of nitrogens with one attached hydrogen (secondary N) is 1. The highest BCUT2D eigenvalue weighted by Crippen LogP contribution is 2.38. The van der Waals surface area contributed by atoms with E-state index in [0.717, 1.165) is 23.1 Å². The molecule has 7 nitrogen and oxygen atoms in total. The Bertz CT molecular complexity index is 1310. The van der Waals surface area contributed by atoms with Crippen LogP contribution in [0.3, 0.4) is 0 Å². The summed E-state index contributed by atoms with van der Waals surface area (Å²) in [5.74, 6) is -0.459. The number of hydrogen-bond acceptors (Lipinski definition) is 5. The Morgan fingerprint density at radius 3 is 2.56 bits per heavy atom. The fourth-order valence-electron chi connectivity index (χ4n) is 6.25. The number of hydrogen-bond donors (Lipinski definition) is 1. The lowest BCUT2D eigenvalue weighted by molar-refractivity contribution is -0.143. The van der Waals surface area contributed by atoms with E-state index in [1.807, 2.05) is 50.6 Å². The maximum atomic E-state index is 13.9. The quantitative estimate of drug-likeness (QED) is 0.527. The van der Waals surface area contributed by atoms with E-state index >= 15 is 0 Å². The first-order valence-electron chi connectivity index (χ1n) is 13.9. The van der Waals surface area contributed by atoms with Gasteiger partial charge in [0.1, 0.15) is 12.1 Å². The zero-order chi connectivity index (χ0) is 27.8. The molecule has 0 saturated carbocycles. The van der Waals surface area contributed by atoms with Crippen molar-refractivity contribution in [1.82, 2.24) is 15.1 Å². The minimum Gasteiger partial charge on any atom is -0.348 e. The molecule has 1 saturated heterocycles. The smallest absolute Gasteiger partial charge is 0.255 e. The van der Waals surface area contributed by atoms with Crippen molar-refractivity contribution in [3.63, 3.8) is 0 Å². The number of aliphatic imine (C=N–C) groups is 1. The lowest BCUT2D eigenvalue weighted by atomic mass is 9.96. The van der Waals surface area contributed by atoms with Gasteiger partial charge in [-0.3, -0.25) is 19.4 Å². The Morgan fingerprint density at radius 2 is 1.90 bits per heavy atom. The van der Waals surface area contributed by atoms with Gasteiger partial charge in [0.15, 0.2) is 0 Å². The normalized spacial score (nSPS) is 23.8. The largest absolute Gasteiger partial charge is 0.348 e. The van der Waals surface area contributed by atoms with Crippen LogP contribution in [0.25, 0.3) is 0 Å². The van der Waals surface area contributed by atoms with Crippen molar-refractivity contribution in [2.75, 3.05) is 6.54 Å². The first kappa shape index (κ1) is 27.4. The number of fused-ring (bicyclic) bond motifs is 1. The van der Waals surface area contributed by atoms with Crippen LogP contribution in [0.1, 0.15) is 84.4 Å². The van der Waals surface area contributed by atoms with E-state index in [0.29, 0.717) is 30.3 Å². The highest BCUT2D eigenvalue weighted by Gasteiger charge is 2.44. The molecule has 1 N–H and O–H groups in total. The molecule has 0 bridgehead atoms. The second-order valence-electron chi connectivity index (χ2n) is 11.4. The summed E-state index contributed by atoms with van der Waals surface area (Å²) < 4.78 is 0. The second-order valence-corrected chi connectivity index (χ2v) is 12.4. The van der Waals surface area contributed by atoms with Crippen LogP contribution < -0.4 is 5.32 Å². The summed E-state index contributed by atoms with van der Waals surface area (Å²) in [4.78, 5) is 48.5. The fourth-order valence-corrected chi connectivity index (χ4v) is 7.24. The Balaban J connectivity index is 1.28. The van der Waals surface area contributed by atoms with Gasteiger partial charge >= 0.3 is 0 Å². The molecule has 0 aromatic heterocycles. The molecule has 206 valence electrons. The third kappa shape index (κ3) is 5.23. The molecule has 1 fully saturated rings. The van der Waals surface area contributed by atoms with E-state index in [1.165, 1.54) is 5.56 Å².